The van der Waals surface area contributed by atoms with Crippen LogP contribution in [0.5, 0.6) is 11.6 Å². The first-order valence-corrected chi connectivity index (χ1v) is 5.76. The van der Waals surface area contributed by atoms with E-state index >= 15 is 0 Å². The molecule has 1 aromatic heterocycles. The summed E-state index contributed by atoms with van der Waals surface area (Å²) in [5.41, 5.74) is 1.15. The molecule has 3 nitrogen and oxygen atoms in total. The van der Waals surface area contributed by atoms with E-state index in [1.165, 1.54) is 12.3 Å². The molecule has 0 saturated heterocycles. The molecule has 1 N–H and O–H groups in total. The maximum Gasteiger partial charge on any atom is 0.256 e. The van der Waals surface area contributed by atoms with Crippen molar-refractivity contribution < 1.29 is 14.2 Å². The Morgan fingerprint density at radius 1 is 1.22 bits per heavy atom. The third-order valence-corrected chi connectivity index (χ3v) is 2.67. The van der Waals surface area contributed by atoms with Crippen LogP contribution in [0.25, 0.3) is 0 Å². The standard InChI is InChI=1S/C14H14FNO2/c1-2-10-5-3-4-6-12(10)18-14-13(15)11(9-17)7-8-16-14/h3-8,17H,2,9H2,1H3. The van der Waals surface area contributed by atoms with Gasteiger partial charge in [0.2, 0.25) is 0 Å². The maximum atomic E-state index is 13.8. The summed E-state index contributed by atoms with van der Waals surface area (Å²) in [6.45, 7) is 1.62. The smallest absolute Gasteiger partial charge is 0.256 e. The van der Waals surface area contributed by atoms with Crippen molar-refractivity contribution in [2.75, 3.05) is 0 Å². The minimum absolute atomic E-state index is 0.109. The number of para-hydroxylation sites is 1. The number of halogens is 1. The molecule has 0 radical (unpaired) electrons. The van der Waals surface area contributed by atoms with Crippen molar-refractivity contribution in [2.24, 2.45) is 0 Å². The first kappa shape index (κ1) is 12.5. The van der Waals surface area contributed by atoms with Gasteiger partial charge in [-0.25, -0.2) is 9.37 Å². The van der Waals surface area contributed by atoms with Gasteiger partial charge in [-0.2, -0.15) is 0 Å². The zero-order valence-electron chi connectivity index (χ0n) is 10.1. The number of rotatable bonds is 4. The van der Waals surface area contributed by atoms with Gasteiger partial charge in [0.15, 0.2) is 5.82 Å². The van der Waals surface area contributed by atoms with Crippen molar-refractivity contribution >= 4 is 0 Å². The van der Waals surface area contributed by atoms with Gasteiger partial charge in [-0.1, -0.05) is 25.1 Å². The summed E-state index contributed by atoms with van der Waals surface area (Å²) in [6.07, 6.45) is 2.20. The van der Waals surface area contributed by atoms with Crippen LogP contribution in [-0.4, -0.2) is 10.1 Å². The lowest BCUT2D eigenvalue weighted by Gasteiger charge is -2.10. The molecule has 1 heterocycles. The van der Waals surface area contributed by atoms with E-state index in [1.807, 2.05) is 25.1 Å². The van der Waals surface area contributed by atoms with Gasteiger partial charge in [-0.15, -0.1) is 0 Å². The molecule has 2 rings (SSSR count). The molecule has 0 unspecified atom stereocenters. The molecule has 94 valence electrons. The molecule has 18 heavy (non-hydrogen) atoms. The normalized spacial score (nSPS) is 10.4. The van der Waals surface area contributed by atoms with Crippen molar-refractivity contribution in [3.8, 4) is 11.6 Å². The van der Waals surface area contributed by atoms with E-state index in [0.29, 0.717) is 5.75 Å². The zero-order valence-corrected chi connectivity index (χ0v) is 10.1. The first-order valence-electron chi connectivity index (χ1n) is 5.76. The number of aryl methyl sites for hydroxylation is 1. The van der Waals surface area contributed by atoms with E-state index in [0.717, 1.165) is 12.0 Å². The maximum absolute atomic E-state index is 13.8. The summed E-state index contributed by atoms with van der Waals surface area (Å²) in [4.78, 5) is 3.85. The first-order chi connectivity index (χ1) is 8.76. The largest absolute Gasteiger partial charge is 0.436 e. The van der Waals surface area contributed by atoms with E-state index in [4.69, 9.17) is 9.84 Å². The Balaban J connectivity index is 2.34. The SMILES string of the molecule is CCc1ccccc1Oc1nccc(CO)c1F. The summed E-state index contributed by atoms with van der Waals surface area (Å²) in [5.74, 6) is -0.144. The fourth-order valence-electron chi connectivity index (χ4n) is 1.66. The van der Waals surface area contributed by atoms with Crippen LogP contribution >= 0.6 is 0 Å². The van der Waals surface area contributed by atoms with Crippen molar-refractivity contribution in [3.63, 3.8) is 0 Å². The number of hydrogen-bond acceptors (Lipinski definition) is 3. The van der Waals surface area contributed by atoms with Gasteiger partial charge >= 0.3 is 0 Å². The molecule has 0 fully saturated rings. The van der Waals surface area contributed by atoms with Crippen LogP contribution in [0, 0.1) is 5.82 Å². The second-order valence-electron chi connectivity index (χ2n) is 3.81. The average Bonchev–Trinajstić information content (AvgIpc) is 2.42. The molecule has 2 aromatic rings. The van der Waals surface area contributed by atoms with E-state index in [9.17, 15) is 4.39 Å². The van der Waals surface area contributed by atoms with Gasteiger partial charge in [0.25, 0.3) is 5.88 Å². The molecule has 0 aliphatic rings. The van der Waals surface area contributed by atoms with Gasteiger partial charge in [0.1, 0.15) is 5.75 Å². The third-order valence-electron chi connectivity index (χ3n) is 2.67. The number of nitrogens with zero attached hydrogens (tertiary/aromatic N) is 1. The summed E-state index contributed by atoms with van der Waals surface area (Å²) in [6, 6.07) is 8.84. The topological polar surface area (TPSA) is 42.4 Å². The van der Waals surface area contributed by atoms with Crippen molar-refractivity contribution in [3.05, 3.63) is 53.5 Å². The highest BCUT2D eigenvalue weighted by Gasteiger charge is 2.12. The fraction of sp³-hybridized carbons (Fsp3) is 0.214. The number of aromatic nitrogens is 1. The van der Waals surface area contributed by atoms with E-state index < -0.39 is 5.82 Å². The van der Waals surface area contributed by atoms with Crippen LogP contribution in [0.15, 0.2) is 36.5 Å². The molecule has 0 aliphatic carbocycles. The fourth-order valence-corrected chi connectivity index (χ4v) is 1.66. The highest BCUT2D eigenvalue weighted by molar-refractivity contribution is 5.37. The van der Waals surface area contributed by atoms with Gasteiger partial charge in [0, 0.05) is 11.8 Å². The molecule has 0 saturated carbocycles. The number of aliphatic hydroxyl groups is 1. The second-order valence-corrected chi connectivity index (χ2v) is 3.81. The van der Waals surface area contributed by atoms with E-state index in [1.54, 1.807) is 6.07 Å². The second kappa shape index (κ2) is 5.60. The monoisotopic (exact) mass is 247 g/mol. The van der Waals surface area contributed by atoms with Crippen molar-refractivity contribution in [2.45, 2.75) is 20.0 Å². The predicted molar refractivity (Wildman–Crippen MR) is 66.0 cm³/mol. The van der Waals surface area contributed by atoms with Crippen LogP contribution in [0.2, 0.25) is 0 Å². The van der Waals surface area contributed by atoms with Crippen LogP contribution in [0.4, 0.5) is 4.39 Å². The molecule has 0 atom stereocenters. The van der Waals surface area contributed by atoms with Gasteiger partial charge in [-0.3, -0.25) is 0 Å². The van der Waals surface area contributed by atoms with Crippen molar-refractivity contribution in [1.82, 2.24) is 4.98 Å². The molecular formula is C14H14FNO2. The summed E-state index contributed by atoms with van der Waals surface area (Å²) >= 11 is 0. The lowest BCUT2D eigenvalue weighted by molar-refractivity contribution is 0.273. The Hall–Kier alpha value is -1.94. The molecule has 1 aromatic carbocycles. The molecule has 0 bridgehead atoms. The molecule has 0 aliphatic heterocycles. The highest BCUT2D eigenvalue weighted by atomic mass is 19.1. The zero-order chi connectivity index (χ0) is 13.0. The van der Waals surface area contributed by atoms with Crippen molar-refractivity contribution in [1.29, 1.82) is 0 Å². The Morgan fingerprint density at radius 3 is 2.72 bits per heavy atom. The minimum atomic E-state index is -0.620. The Bertz CT molecular complexity index is 543. The summed E-state index contributed by atoms with van der Waals surface area (Å²) in [5, 5.41) is 8.99. The highest BCUT2D eigenvalue weighted by Crippen LogP contribution is 2.27. The molecule has 4 heteroatoms. The summed E-state index contributed by atoms with van der Waals surface area (Å²) < 4.78 is 19.3. The Morgan fingerprint density at radius 2 is 2.00 bits per heavy atom. The molecular weight excluding hydrogens is 233 g/mol. The van der Waals surface area contributed by atoms with E-state index in [-0.39, 0.29) is 18.1 Å². The number of hydrogen-bond donors (Lipinski definition) is 1. The number of aliphatic hydroxyl groups excluding tert-OH is 1. The third kappa shape index (κ3) is 2.49. The van der Waals surface area contributed by atoms with E-state index in [2.05, 4.69) is 4.98 Å². The van der Waals surface area contributed by atoms with Crippen LogP contribution in [0.3, 0.4) is 0 Å². The van der Waals surface area contributed by atoms with Crippen LogP contribution < -0.4 is 4.74 Å². The van der Waals surface area contributed by atoms with Gasteiger partial charge < -0.3 is 9.84 Å². The Labute approximate surface area is 105 Å². The lowest BCUT2D eigenvalue weighted by atomic mass is 10.1. The average molecular weight is 247 g/mol. The van der Waals surface area contributed by atoms with Crippen LogP contribution in [0.1, 0.15) is 18.1 Å². The lowest BCUT2D eigenvalue weighted by Crippen LogP contribution is -1.98. The molecule has 0 spiro atoms. The number of ether oxygens (including phenoxy) is 1. The van der Waals surface area contributed by atoms with Gasteiger partial charge in [-0.05, 0) is 24.1 Å². The summed E-state index contributed by atoms with van der Waals surface area (Å²) in [7, 11) is 0. The molecule has 0 amide bonds. The minimum Gasteiger partial charge on any atom is -0.436 e. The van der Waals surface area contributed by atoms with Gasteiger partial charge in [0.05, 0.1) is 6.61 Å². The number of benzene rings is 1. The van der Waals surface area contributed by atoms with Crippen LogP contribution in [-0.2, 0) is 13.0 Å². The quantitative estimate of drug-likeness (QED) is 0.902. The predicted octanol–water partition coefficient (Wildman–Crippen LogP) is 3.07. The number of pyridine rings is 1. The Kier molecular flexibility index (Phi) is 3.89.